The lowest BCUT2D eigenvalue weighted by Gasteiger charge is -2.51. The summed E-state index contributed by atoms with van der Waals surface area (Å²) in [6.45, 7) is 21.6. The van der Waals surface area contributed by atoms with Crippen LogP contribution < -0.4 is 4.74 Å². The maximum atomic E-state index is 14.2. The normalized spacial score (nSPS) is 18.1. The highest BCUT2D eigenvalue weighted by Crippen LogP contribution is 2.46. The minimum Gasteiger partial charge on any atom is -0.456 e. The third-order valence-corrected chi connectivity index (χ3v) is 15.4. The van der Waals surface area contributed by atoms with Crippen molar-refractivity contribution in [3.05, 3.63) is 80.6 Å². The van der Waals surface area contributed by atoms with Crippen LogP contribution in [0.15, 0.2) is 59.3 Å². The van der Waals surface area contributed by atoms with Crippen LogP contribution in [0, 0.1) is 28.4 Å². The number of aryl methyl sites for hydroxylation is 1. The lowest BCUT2D eigenvalue weighted by molar-refractivity contribution is -0.384. The molecule has 0 aliphatic carbocycles. The number of likely N-dealkylation sites (tertiary alicyclic amines) is 1. The average molecular weight is 717 g/mol. The summed E-state index contributed by atoms with van der Waals surface area (Å²) in [6, 6.07) is 12.8. The molecule has 0 aromatic heterocycles. The number of hydrogen-bond acceptors (Lipinski definition) is 10. The number of benzene rings is 2. The molecule has 0 radical (unpaired) electrons. The summed E-state index contributed by atoms with van der Waals surface area (Å²) >= 11 is 2.25. The molecule has 1 aliphatic heterocycles. The maximum absolute atomic E-state index is 14.2. The lowest BCUT2D eigenvalue weighted by Crippen LogP contribution is -2.64. The zero-order valence-electron chi connectivity index (χ0n) is 29.7. The van der Waals surface area contributed by atoms with Crippen molar-refractivity contribution < 1.29 is 33.2 Å². The van der Waals surface area contributed by atoms with E-state index in [2.05, 4.69) is 33.9 Å². The van der Waals surface area contributed by atoms with Crippen molar-refractivity contribution in [3.63, 3.8) is 0 Å². The fraction of sp³-hybridized carbons (Fsp3) is 0.514. The van der Waals surface area contributed by atoms with E-state index >= 15 is 0 Å². The van der Waals surface area contributed by atoms with Crippen LogP contribution in [-0.2, 0) is 30.2 Å². The molecule has 3 atom stereocenters. The monoisotopic (exact) mass is 716 g/mol. The first-order chi connectivity index (χ1) is 22.2. The van der Waals surface area contributed by atoms with E-state index in [1.54, 1.807) is 32.9 Å². The first-order valence-electron chi connectivity index (χ1n) is 15.9. The van der Waals surface area contributed by atoms with Crippen molar-refractivity contribution in [1.82, 2.24) is 4.90 Å². The summed E-state index contributed by atoms with van der Waals surface area (Å²) in [5.74, 6) is -0.723. The summed E-state index contributed by atoms with van der Waals surface area (Å²) in [6.07, 6.45) is -0.429. The van der Waals surface area contributed by atoms with E-state index in [4.69, 9.17) is 13.9 Å². The summed E-state index contributed by atoms with van der Waals surface area (Å²) in [5.41, 5.74) is 0.431. The summed E-state index contributed by atoms with van der Waals surface area (Å²) in [4.78, 5) is 53.8. The molecule has 48 heavy (non-hydrogen) atoms. The van der Waals surface area contributed by atoms with Gasteiger partial charge in [0.2, 0.25) is 11.0 Å². The molecule has 0 unspecified atom stereocenters. The van der Waals surface area contributed by atoms with Crippen molar-refractivity contribution in [2.45, 2.75) is 98.5 Å². The van der Waals surface area contributed by atoms with Gasteiger partial charge in [-0.2, -0.15) is 0 Å². The number of carbonyl (C=O) groups is 3. The van der Waals surface area contributed by atoms with Crippen LogP contribution in [-0.4, -0.2) is 52.4 Å². The Morgan fingerprint density at radius 2 is 1.60 bits per heavy atom. The van der Waals surface area contributed by atoms with Gasteiger partial charge in [0.25, 0.3) is 5.69 Å². The molecule has 1 saturated heterocycles. The molecule has 0 spiro atoms. The number of amides is 1. The minimum atomic E-state index is -2.25. The molecule has 1 heterocycles. The second kappa shape index (κ2) is 15.6. The van der Waals surface area contributed by atoms with Crippen LogP contribution in [0.5, 0.6) is 5.75 Å². The number of carbonyl (C=O) groups excluding carboxylic acids is 3. The maximum Gasteiger partial charge on any atom is 0.359 e. The van der Waals surface area contributed by atoms with E-state index in [1.807, 2.05) is 32.9 Å². The van der Waals surface area contributed by atoms with E-state index in [1.165, 1.54) is 40.9 Å². The number of thioether (sulfide) groups is 2. The molecule has 13 heteroatoms. The van der Waals surface area contributed by atoms with Gasteiger partial charge in [0, 0.05) is 17.5 Å². The second-order valence-electron chi connectivity index (χ2n) is 14.4. The largest absolute Gasteiger partial charge is 0.456 e. The van der Waals surface area contributed by atoms with Crippen molar-refractivity contribution in [2.75, 3.05) is 5.75 Å². The van der Waals surface area contributed by atoms with Crippen LogP contribution in [0.1, 0.15) is 66.5 Å². The second-order valence-corrected chi connectivity index (χ2v) is 21.4. The molecule has 0 saturated carbocycles. The van der Waals surface area contributed by atoms with E-state index < -0.39 is 42.0 Å². The molecule has 3 rings (SSSR count). The smallest absolute Gasteiger partial charge is 0.359 e. The number of nitro benzene ring substituents is 1. The number of rotatable bonds is 13. The van der Waals surface area contributed by atoms with Gasteiger partial charge in [-0.05, 0) is 79.3 Å². The van der Waals surface area contributed by atoms with Crippen LogP contribution in [0.2, 0.25) is 18.1 Å². The first kappa shape index (κ1) is 39.3. The molecule has 1 aliphatic rings. The van der Waals surface area contributed by atoms with Crippen molar-refractivity contribution in [1.29, 1.82) is 0 Å². The highest BCUT2D eigenvalue weighted by molar-refractivity contribution is 8.16. The number of ether oxygens (including phenoxy) is 2. The SMILES string of the molecule is CCS[C@@H]1[C@@H]([C@@H](C)O[Si](C)(C)C(C)(C)C)C(=O)N1C(C(=O)OCc1ccc([N+](=O)[O-])cc1)=C(Oc1ccc(C)cc1)SC(=O)C(C)(C)C. The Kier molecular flexibility index (Phi) is 12.8. The van der Waals surface area contributed by atoms with Gasteiger partial charge in [0.05, 0.1) is 22.3 Å². The van der Waals surface area contributed by atoms with Crippen molar-refractivity contribution in [3.8, 4) is 5.75 Å². The lowest BCUT2D eigenvalue weighted by atomic mass is 9.92. The molecule has 2 aromatic carbocycles. The molecule has 262 valence electrons. The van der Waals surface area contributed by atoms with Crippen LogP contribution in [0.25, 0.3) is 0 Å². The third kappa shape index (κ3) is 9.51. The van der Waals surface area contributed by atoms with Gasteiger partial charge in [-0.3, -0.25) is 24.6 Å². The predicted molar refractivity (Wildman–Crippen MR) is 194 cm³/mol. The Labute approximate surface area is 293 Å². The number of hydrogen-bond donors (Lipinski definition) is 0. The summed E-state index contributed by atoms with van der Waals surface area (Å²) in [5, 5.41) is 10.2. The third-order valence-electron chi connectivity index (χ3n) is 8.39. The topological polar surface area (TPSA) is 125 Å². The summed E-state index contributed by atoms with van der Waals surface area (Å²) in [7, 11) is -2.25. The predicted octanol–water partition coefficient (Wildman–Crippen LogP) is 8.45. The Morgan fingerprint density at radius 3 is 2.10 bits per heavy atom. The van der Waals surface area contributed by atoms with E-state index in [0.717, 1.165) is 17.3 Å². The Bertz CT molecular complexity index is 1530. The molecule has 2 aromatic rings. The van der Waals surface area contributed by atoms with Gasteiger partial charge in [0.15, 0.2) is 19.1 Å². The van der Waals surface area contributed by atoms with Gasteiger partial charge >= 0.3 is 5.97 Å². The first-order valence-corrected chi connectivity index (χ1v) is 20.7. The van der Waals surface area contributed by atoms with Crippen LogP contribution in [0.3, 0.4) is 0 Å². The van der Waals surface area contributed by atoms with Crippen molar-refractivity contribution >= 4 is 54.5 Å². The molecular formula is C35H48N2O8S2Si. The number of non-ortho nitro benzene ring substituents is 1. The molecule has 1 amide bonds. The number of β-lactam (4-membered cyclic amide) rings is 1. The fourth-order valence-corrected chi connectivity index (χ4v) is 8.06. The van der Waals surface area contributed by atoms with Gasteiger partial charge in [-0.1, -0.05) is 66.2 Å². The minimum absolute atomic E-state index is 0.0704. The van der Waals surface area contributed by atoms with Gasteiger partial charge in [-0.25, -0.2) is 4.79 Å². The number of nitrogens with zero attached hydrogens (tertiary/aromatic N) is 2. The highest BCUT2D eigenvalue weighted by Gasteiger charge is 2.56. The Morgan fingerprint density at radius 1 is 1.02 bits per heavy atom. The van der Waals surface area contributed by atoms with Crippen molar-refractivity contribution in [2.24, 2.45) is 11.3 Å². The number of esters is 1. The fourth-order valence-electron chi connectivity index (χ4n) is 4.50. The number of nitro groups is 1. The highest BCUT2D eigenvalue weighted by atomic mass is 32.2. The molecule has 10 nitrogen and oxygen atoms in total. The van der Waals surface area contributed by atoms with Gasteiger partial charge in [-0.15, -0.1) is 11.8 Å². The van der Waals surface area contributed by atoms with Gasteiger partial charge < -0.3 is 13.9 Å². The van der Waals surface area contributed by atoms with E-state index in [9.17, 15) is 24.5 Å². The zero-order chi connectivity index (χ0) is 36.2. The molecule has 0 N–H and O–H groups in total. The standard InChI is InChI=1S/C35H48N2O8S2Si/c1-12-46-30-27(23(3)45-48(10,11)35(7,8)9)29(38)36(30)28(31(39)43-21-24-15-17-25(18-16-24)37(41)42)32(47-33(40)34(4,5)6)44-26-19-13-22(2)14-20-26/h13-20,23,27,30H,12,21H2,1-11H3/t23-,27+,30-/m1/s1. The zero-order valence-corrected chi connectivity index (χ0v) is 32.4. The molecule has 1 fully saturated rings. The Balaban J connectivity index is 2.12. The van der Waals surface area contributed by atoms with Crippen LogP contribution >= 0.6 is 23.5 Å². The molecule has 0 bridgehead atoms. The summed E-state index contributed by atoms with van der Waals surface area (Å²) < 4.78 is 18.7. The van der Waals surface area contributed by atoms with Crippen LogP contribution in [0.4, 0.5) is 5.69 Å². The Hall–Kier alpha value is -3.13. The quantitative estimate of drug-likeness (QED) is 0.0379. The average Bonchev–Trinajstić information content (AvgIpc) is 2.98. The molecular weight excluding hydrogens is 669 g/mol. The van der Waals surface area contributed by atoms with Gasteiger partial charge in [0.1, 0.15) is 12.4 Å². The van der Waals surface area contributed by atoms with E-state index in [0.29, 0.717) is 17.1 Å². The van der Waals surface area contributed by atoms with E-state index in [-0.39, 0.29) is 39.1 Å².